The Labute approximate surface area is 159 Å². The van der Waals surface area contributed by atoms with Crippen molar-refractivity contribution < 1.29 is 14.8 Å². The number of carbonyl (C=O) groups is 1. The molecule has 3 N–H and O–H groups in total. The highest BCUT2D eigenvalue weighted by molar-refractivity contribution is 7.80. The molecular weight excluding hydrogens is 366 g/mol. The number of nitro benzene ring substituents is 1. The second kappa shape index (κ2) is 7.79. The highest BCUT2D eigenvalue weighted by atomic mass is 32.1. The van der Waals surface area contributed by atoms with Crippen molar-refractivity contribution >= 4 is 45.4 Å². The minimum Gasteiger partial charge on any atom is -0.506 e. The predicted octanol–water partition coefficient (Wildman–Crippen LogP) is 3.51. The SMILES string of the molecule is O=C(Cc1cccc2ccccc12)NC(=S)Nc1cc([N+](=O)[O-])ccc1O. The first-order valence-electron chi connectivity index (χ1n) is 7.99. The lowest BCUT2D eigenvalue weighted by molar-refractivity contribution is -0.384. The first-order valence-corrected chi connectivity index (χ1v) is 8.40. The number of benzene rings is 3. The van der Waals surface area contributed by atoms with Gasteiger partial charge in [0.15, 0.2) is 5.11 Å². The Morgan fingerprint density at radius 3 is 2.63 bits per heavy atom. The molecule has 0 aliphatic rings. The van der Waals surface area contributed by atoms with Gasteiger partial charge in [-0.15, -0.1) is 0 Å². The summed E-state index contributed by atoms with van der Waals surface area (Å²) in [4.78, 5) is 22.5. The third-order valence-electron chi connectivity index (χ3n) is 3.92. The quantitative estimate of drug-likeness (QED) is 0.276. The average Bonchev–Trinajstić information content (AvgIpc) is 2.63. The lowest BCUT2D eigenvalue weighted by Crippen LogP contribution is -2.35. The normalized spacial score (nSPS) is 10.4. The van der Waals surface area contributed by atoms with Crippen molar-refractivity contribution in [2.75, 3.05) is 5.32 Å². The zero-order valence-corrected chi connectivity index (χ0v) is 14.8. The maximum absolute atomic E-state index is 12.3. The molecule has 0 saturated carbocycles. The van der Waals surface area contributed by atoms with Crippen LogP contribution >= 0.6 is 12.2 Å². The van der Waals surface area contributed by atoms with Gasteiger partial charge >= 0.3 is 0 Å². The Morgan fingerprint density at radius 2 is 1.85 bits per heavy atom. The fourth-order valence-corrected chi connectivity index (χ4v) is 2.91. The molecular formula is C19H15N3O4S. The number of phenolic OH excluding ortho intramolecular Hbond substituents is 1. The smallest absolute Gasteiger partial charge is 0.271 e. The van der Waals surface area contributed by atoms with Crippen molar-refractivity contribution in [1.82, 2.24) is 5.32 Å². The zero-order valence-electron chi connectivity index (χ0n) is 14.0. The van der Waals surface area contributed by atoms with Gasteiger partial charge in [0.2, 0.25) is 5.91 Å². The Bertz CT molecular complexity index is 1050. The molecule has 0 aromatic heterocycles. The molecule has 0 fully saturated rings. The second-order valence-corrected chi connectivity index (χ2v) is 6.18. The van der Waals surface area contributed by atoms with Gasteiger partial charge < -0.3 is 15.7 Å². The van der Waals surface area contributed by atoms with Crippen LogP contribution in [0.2, 0.25) is 0 Å². The molecule has 0 aliphatic carbocycles. The molecule has 0 heterocycles. The van der Waals surface area contributed by atoms with Gasteiger partial charge in [-0.3, -0.25) is 14.9 Å². The van der Waals surface area contributed by atoms with Crippen LogP contribution in [0.5, 0.6) is 5.75 Å². The number of rotatable bonds is 4. The summed E-state index contributed by atoms with van der Waals surface area (Å²) in [6.07, 6.45) is 0.115. The molecule has 8 heteroatoms. The van der Waals surface area contributed by atoms with Crippen LogP contribution in [0.1, 0.15) is 5.56 Å². The molecule has 0 aliphatic heterocycles. The molecule has 0 bridgehead atoms. The van der Waals surface area contributed by atoms with E-state index in [0.29, 0.717) is 0 Å². The zero-order chi connectivity index (χ0) is 19.4. The van der Waals surface area contributed by atoms with Crippen LogP contribution in [0, 0.1) is 10.1 Å². The van der Waals surface area contributed by atoms with E-state index in [1.54, 1.807) is 0 Å². The topological polar surface area (TPSA) is 104 Å². The van der Waals surface area contributed by atoms with E-state index in [2.05, 4.69) is 10.6 Å². The van der Waals surface area contributed by atoms with Crippen LogP contribution in [0.4, 0.5) is 11.4 Å². The van der Waals surface area contributed by atoms with E-state index in [-0.39, 0.29) is 34.6 Å². The van der Waals surface area contributed by atoms with Crippen LogP contribution < -0.4 is 10.6 Å². The van der Waals surface area contributed by atoms with Gasteiger partial charge in [-0.2, -0.15) is 0 Å². The average molecular weight is 381 g/mol. The monoisotopic (exact) mass is 381 g/mol. The summed E-state index contributed by atoms with van der Waals surface area (Å²) in [5, 5.41) is 27.7. The van der Waals surface area contributed by atoms with Gasteiger partial charge in [0.25, 0.3) is 5.69 Å². The van der Waals surface area contributed by atoms with E-state index in [9.17, 15) is 20.0 Å². The second-order valence-electron chi connectivity index (χ2n) is 5.78. The molecule has 0 saturated heterocycles. The molecule has 0 unspecified atom stereocenters. The van der Waals surface area contributed by atoms with Gasteiger partial charge in [-0.1, -0.05) is 42.5 Å². The highest BCUT2D eigenvalue weighted by Gasteiger charge is 2.13. The van der Waals surface area contributed by atoms with E-state index in [1.807, 2.05) is 42.5 Å². The molecule has 3 aromatic rings. The first kappa shape index (κ1) is 18.3. The van der Waals surface area contributed by atoms with Crippen molar-refractivity contribution in [2.45, 2.75) is 6.42 Å². The van der Waals surface area contributed by atoms with Gasteiger partial charge in [-0.05, 0) is 34.6 Å². The summed E-state index contributed by atoms with van der Waals surface area (Å²) in [6.45, 7) is 0. The highest BCUT2D eigenvalue weighted by Crippen LogP contribution is 2.27. The summed E-state index contributed by atoms with van der Waals surface area (Å²) in [5.74, 6) is -0.556. The van der Waals surface area contributed by atoms with Crippen LogP contribution in [0.25, 0.3) is 10.8 Å². The number of anilines is 1. The largest absolute Gasteiger partial charge is 0.506 e. The van der Waals surface area contributed by atoms with Gasteiger partial charge in [0.05, 0.1) is 17.0 Å². The number of amides is 1. The summed E-state index contributed by atoms with van der Waals surface area (Å²) < 4.78 is 0. The molecule has 3 aromatic carbocycles. The number of aromatic hydroxyl groups is 1. The minimum atomic E-state index is -0.591. The maximum Gasteiger partial charge on any atom is 0.271 e. The standard InChI is InChI=1S/C19H15N3O4S/c23-17-9-8-14(22(25)26)11-16(17)20-19(27)21-18(24)10-13-6-3-5-12-4-1-2-7-15(12)13/h1-9,11,23H,10H2,(H2,20,21,24,27). The molecule has 7 nitrogen and oxygen atoms in total. The van der Waals surface area contributed by atoms with Crippen molar-refractivity contribution in [3.8, 4) is 5.75 Å². The lowest BCUT2D eigenvalue weighted by atomic mass is 10.0. The van der Waals surface area contributed by atoms with Crippen LogP contribution in [0.3, 0.4) is 0 Å². The van der Waals surface area contributed by atoms with Crippen molar-refractivity contribution in [3.05, 3.63) is 76.3 Å². The van der Waals surface area contributed by atoms with Crippen molar-refractivity contribution in [2.24, 2.45) is 0 Å². The van der Waals surface area contributed by atoms with Crippen LogP contribution in [-0.2, 0) is 11.2 Å². The summed E-state index contributed by atoms with van der Waals surface area (Å²) in [5.41, 5.74) is 0.687. The maximum atomic E-state index is 12.3. The number of hydrogen-bond donors (Lipinski definition) is 3. The Kier molecular flexibility index (Phi) is 5.28. The van der Waals surface area contributed by atoms with Crippen molar-refractivity contribution in [1.29, 1.82) is 0 Å². The van der Waals surface area contributed by atoms with Crippen molar-refractivity contribution in [3.63, 3.8) is 0 Å². The fraction of sp³-hybridized carbons (Fsp3) is 0.0526. The van der Waals surface area contributed by atoms with E-state index < -0.39 is 4.92 Å². The van der Waals surface area contributed by atoms with E-state index >= 15 is 0 Å². The minimum absolute atomic E-state index is 0.0414. The third kappa shape index (κ3) is 4.36. The van der Waals surface area contributed by atoms with E-state index in [1.165, 1.54) is 12.1 Å². The third-order valence-corrected chi connectivity index (χ3v) is 4.13. The Morgan fingerprint density at radius 1 is 1.11 bits per heavy atom. The number of non-ortho nitro benzene ring substituents is 1. The molecule has 0 radical (unpaired) electrons. The lowest BCUT2D eigenvalue weighted by Gasteiger charge is -2.11. The number of carbonyl (C=O) groups excluding carboxylic acids is 1. The number of nitrogens with zero attached hydrogens (tertiary/aromatic N) is 1. The summed E-state index contributed by atoms with van der Waals surface area (Å²) in [7, 11) is 0. The first-order chi connectivity index (χ1) is 12.9. The van der Waals surface area contributed by atoms with E-state index in [0.717, 1.165) is 22.4 Å². The summed E-state index contributed by atoms with van der Waals surface area (Å²) >= 11 is 5.07. The number of hydrogen-bond acceptors (Lipinski definition) is 5. The van der Waals surface area contributed by atoms with Crippen LogP contribution in [-0.4, -0.2) is 21.0 Å². The molecule has 27 heavy (non-hydrogen) atoms. The van der Waals surface area contributed by atoms with Gasteiger partial charge in [-0.25, -0.2) is 0 Å². The molecule has 3 rings (SSSR count). The number of nitrogens with one attached hydrogen (secondary N) is 2. The number of fused-ring (bicyclic) bond motifs is 1. The predicted molar refractivity (Wildman–Crippen MR) is 107 cm³/mol. The Balaban J connectivity index is 1.68. The molecule has 1 amide bonds. The molecule has 136 valence electrons. The number of phenols is 1. The summed E-state index contributed by atoms with van der Waals surface area (Å²) in [6, 6.07) is 16.9. The fourth-order valence-electron chi connectivity index (χ4n) is 2.68. The van der Waals surface area contributed by atoms with Crippen LogP contribution in [0.15, 0.2) is 60.7 Å². The number of thiocarbonyl (C=S) groups is 1. The van der Waals surface area contributed by atoms with E-state index in [4.69, 9.17) is 12.2 Å². The molecule has 0 spiro atoms. The number of nitro groups is 1. The van der Waals surface area contributed by atoms with Gasteiger partial charge in [0.1, 0.15) is 5.75 Å². The van der Waals surface area contributed by atoms with Gasteiger partial charge in [0, 0.05) is 12.1 Å². The Hall–Kier alpha value is -3.52. The molecule has 0 atom stereocenters.